The third-order valence-electron chi connectivity index (χ3n) is 3.88. The van der Waals surface area contributed by atoms with E-state index in [1.165, 1.54) is 24.2 Å². The number of nitrogens with one attached hydrogen (secondary N) is 2. The lowest BCUT2D eigenvalue weighted by atomic mass is 10.2. The van der Waals surface area contributed by atoms with Gasteiger partial charge in [0.05, 0.1) is 6.54 Å². The van der Waals surface area contributed by atoms with Gasteiger partial charge in [0.2, 0.25) is 5.88 Å². The first-order valence-corrected chi connectivity index (χ1v) is 8.45. The number of aromatic nitrogens is 1. The van der Waals surface area contributed by atoms with Crippen molar-refractivity contribution in [2.45, 2.75) is 31.4 Å². The lowest BCUT2D eigenvalue weighted by Crippen LogP contribution is -2.44. The average molecular weight is 413 g/mol. The molecule has 0 bridgehead atoms. The van der Waals surface area contributed by atoms with Crippen LogP contribution in [-0.2, 0) is 6.54 Å². The van der Waals surface area contributed by atoms with Crippen LogP contribution < -0.4 is 15.4 Å². The summed E-state index contributed by atoms with van der Waals surface area (Å²) in [6.07, 6.45) is -6.73. The van der Waals surface area contributed by atoms with Crippen molar-refractivity contribution in [3.63, 3.8) is 0 Å². The molecule has 0 spiro atoms. The maximum absolute atomic E-state index is 12.4. The summed E-state index contributed by atoms with van der Waals surface area (Å²) < 4.78 is 78.1. The largest absolute Gasteiger partial charge is 0.468 e. The number of hydrogen-bond donors (Lipinski definition) is 2. The van der Waals surface area contributed by atoms with Crippen molar-refractivity contribution in [1.82, 2.24) is 20.5 Å². The van der Waals surface area contributed by atoms with Crippen LogP contribution in [0.1, 0.15) is 12.0 Å². The van der Waals surface area contributed by atoms with Gasteiger partial charge in [0, 0.05) is 45.0 Å². The van der Waals surface area contributed by atoms with E-state index >= 15 is 0 Å². The van der Waals surface area contributed by atoms with Crippen molar-refractivity contribution < 1.29 is 31.1 Å². The van der Waals surface area contributed by atoms with Crippen molar-refractivity contribution in [2.75, 3.05) is 33.3 Å². The van der Waals surface area contributed by atoms with Gasteiger partial charge in [0.25, 0.3) is 0 Å². The number of alkyl halides is 6. The minimum Gasteiger partial charge on any atom is -0.468 e. The number of rotatable bonds is 6. The van der Waals surface area contributed by atoms with Crippen LogP contribution in [0.3, 0.4) is 0 Å². The summed E-state index contributed by atoms with van der Waals surface area (Å²) in [5.41, 5.74) is 0.674. The molecule has 1 aliphatic heterocycles. The molecular formula is C16H21F6N5O. The highest BCUT2D eigenvalue weighted by Gasteiger charge is 2.34. The third-order valence-corrected chi connectivity index (χ3v) is 3.88. The predicted octanol–water partition coefficient (Wildman–Crippen LogP) is 2.32. The maximum Gasteiger partial charge on any atom is 0.422 e. The zero-order valence-electron chi connectivity index (χ0n) is 15.1. The topological polar surface area (TPSA) is 61.8 Å². The van der Waals surface area contributed by atoms with Gasteiger partial charge in [-0.15, -0.1) is 0 Å². The molecule has 0 saturated carbocycles. The molecule has 1 aliphatic rings. The van der Waals surface area contributed by atoms with Gasteiger partial charge in [-0.2, -0.15) is 26.3 Å². The Bertz CT molecular complexity index is 646. The summed E-state index contributed by atoms with van der Waals surface area (Å²) in [4.78, 5) is 9.15. The molecule has 1 fully saturated rings. The van der Waals surface area contributed by atoms with Gasteiger partial charge < -0.3 is 15.4 Å². The van der Waals surface area contributed by atoms with E-state index in [9.17, 15) is 26.3 Å². The SMILES string of the molecule is CN=C(NCc1ccc(OCC(F)(F)F)nc1)NC1CCN(CC(F)(F)F)C1. The number of guanidine groups is 1. The van der Waals surface area contributed by atoms with E-state index in [1.54, 1.807) is 6.07 Å². The summed E-state index contributed by atoms with van der Waals surface area (Å²) in [7, 11) is 1.53. The van der Waals surface area contributed by atoms with Gasteiger partial charge in [-0.1, -0.05) is 6.07 Å². The molecule has 1 unspecified atom stereocenters. The van der Waals surface area contributed by atoms with Crippen molar-refractivity contribution in [2.24, 2.45) is 4.99 Å². The van der Waals surface area contributed by atoms with Gasteiger partial charge in [-0.25, -0.2) is 4.98 Å². The Morgan fingerprint density at radius 1 is 1.25 bits per heavy atom. The smallest absolute Gasteiger partial charge is 0.422 e. The minimum atomic E-state index is -4.43. The zero-order valence-corrected chi connectivity index (χ0v) is 15.1. The molecule has 0 aliphatic carbocycles. The average Bonchev–Trinajstić information content (AvgIpc) is 3.02. The molecule has 28 heavy (non-hydrogen) atoms. The maximum atomic E-state index is 12.4. The van der Waals surface area contributed by atoms with Crippen LogP contribution in [0.5, 0.6) is 5.88 Å². The summed E-state index contributed by atoms with van der Waals surface area (Å²) in [6, 6.07) is 2.72. The second kappa shape index (κ2) is 9.30. The second-order valence-electron chi connectivity index (χ2n) is 6.31. The fraction of sp³-hybridized carbons (Fsp3) is 0.625. The Labute approximate surface area is 158 Å². The number of likely N-dealkylation sites (tertiary alicyclic amines) is 1. The molecule has 12 heteroatoms. The van der Waals surface area contributed by atoms with Crippen LogP contribution in [0.15, 0.2) is 23.3 Å². The second-order valence-corrected chi connectivity index (χ2v) is 6.31. The summed E-state index contributed by atoms with van der Waals surface area (Å²) >= 11 is 0. The fourth-order valence-electron chi connectivity index (χ4n) is 2.68. The first-order chi connectivity index (χ1) is 13.0. The molecule has 0 amide bonds. The van der Waals surface area contributed by atoms with Gasteiger partial charge in [0.15, 0.2) is 12.6 Å². The zero-order chi connectivity index (χ0) is 20.8. The lowest BCUT2D eigenvalue weighted by molar-refractivity contribution is -0.154. The quantitative estimate of drug-likeness (QED) is 0.426. The fourth-order valence-corrected chi connectivity index (χ4v) is 2.68. The highest BCUT2D eigenvalue weighted by Crippen LogP contribution is 2.20. The molecule has 0 aromatic carbocycles. The highest BCUT2D eigenvalue weighted by atomic mass is 19.4. The van der Waals surface area contributed by atoms with Crippen LogP contribution in [0.25, 0.3) is 0 Å². The number of aliphatic imine (C=N–C) groups is 1. The van der Waals surface area contributed by atoms with Crippen molar-refractivity contribution >= 4 is 5.96 Å². The molecule has 1 atom stereocenters. The number of nitrogens with zero attached hydrogens (tertiary/aromatic N) is 3. The van der Waals surface area contributed by atoms with Crippen molar-refractivity contribution in [1.29, 1.82) is 0 Å². The molecule has 1 saturated heterocycles. The van der Waals surface area contributed by atoms with Crippen LogP contribution >= 0.6 is 0 Å². The standard InChI is InChI=1S/C16H21F6N5O/c1-23-14(26-12-4-5-27(8-12)9-15(17,18)19)25-7-11-2-3-13(24-6-11)28-10-16(20,21)22/h2-3,6,12H,4-5,7-10H2,1H3,(H2,23,25,26). The van der Waals surface area contributed by atoms with E-state index in [-0.39, 0.29) is 25.0 Å². The van der Waals surface area contributed by atoms with Crippen LogP contribution in [0.4, 0.5) is 26.3 Å². The first-order valence-electron chi connectivity index (χ1n) is 8.45. The Morgan fingerprint density at radius 2 is 2.00 bits per heavy atom. The molecule has 2 rings (SSSR count). The van der Waals surface area contributed by atoms with E-state index in [1.807, 2.05) is 0 Å². The van der Waals surface area contributed by atoms with Crippen LogP contribution in [-0.4, -0.2) is 67.5 Å². The summed E-state index contributed by atoms with van der Waals surface area (Å²) in [6.45, 7) is -1.47. The molecule has 6 nitrogen and oxygen atoms in total. The van der Waals surface area contributed by atoms with Crippen LogP contribution in [0.2, 0.25) is 0 Å². The van der Waals surface area contributed by atoms with E-state index in [4.69, 9.17) is 0 Å². The summed E-state index contributed by atoms with van der Waals surface area (Å²) in [5, 5.41) is 6.05. The molecule has 2 heterocycles. The normalized spacial score (nSPS) is 19.0. The van der Waals surface area contributed by atoms with E-state index in [2.05, 4.69) is 25.3 Å². The van der Waals surface area contributed by atoms with Gasteiger partial charge >= 0.3 is 12.4 Å². The molecule has 1 aromatic heterocycles. The van der Waals surface area contributed by atoms with Crippen molar-refractivity contribution in [3.8, 4) is 5.88 Å². The van der Waals surface area contributed by atoms with E-state index in [0.717, 1.165) is 0 Å². The highest BCUT2D eigenvalue weighted by molar-refractivity contribution is 5.80. The Balaban J connectivity index is 1.76. The van der Waals surface area contributed by atoms with Gasteiger partial charge in [0.1, 0.15) is 0 Å². The number of halogens is 6. The van der Waals surface area contributed by atoms with Crippen LogP contribution in [0, 0.1) is 0 Å². The molecule has 2 N–H and O–H groups in total. The number of ether oxygens (including phenoxy) is 1. The molecular weight excluding hydrogens is 392 g/mol. The summed E-state index contributed by atoms with van der Waals surface area (Å²) in [5.74, 6) is 0.274. The first kappa shape index (κ1) is 22.1. The van der Waals surface area contributed by atoms with Crippen molar-refractivity contribution in [3.05, 3.63) is 23.9 Å². The molecule has 158 valence electrons. The Kier molecular flexibility index (Phi) is 7.33. The Hall–Kier alpha value is -2.24. The lowest BCUT2D eigenvalue weighted by Gasteiger charge is -2.19. The molecule has 0 radical (unpaired) electrons. The number of hydrogen-bond acceptors (Lipinski definition) is 4. The predicted molar refractivity (Wildman–Crippen MR) is 90.0 cm³/mol. The Morgan fingerprint density at radius 3 is 2.57 bits per heavy atom. The monoisotopic (exact) mass is 413 g/mol. The van der Waals surface area contributed by atoms with Gasteiger partial charge in [-0.05, 0) is 12.0 Å². The number of pyridine rings is 1. The van der Waals surface area contributed by atoms with Gasteiger partial charge in [-0.3, -0.25) is 9.89 Å². The van der Waals surface area contributed by atoms with E-state index in [0.29, 0.717) is 24.5 Å². The molecule has 1 aromatic rings. The minimum absolute atomic E-state index is 0.140. The third kappa shape index (κ3) is 8.19. The van der Waals surface area contributed by atoms with E-state index < -0.39 is 25.5 Å².